The molecule has 2 rings (SSSR count). The molecule has 20 heavy (non-hydrogen) atoms. The van der Waals surface area contributed by atoms with Crippen LogP contribution in [-0.2, 0) is 5.88 Å². The van der Waals surface area contributed by atoms with Gasteiger partial charge in [0.25, 0.3) is 0 Å². The van der Waals surface area contributed by atoms with Crippen LogP contribution < -0.4 is 4.90 Å². The van der Waals surface area contributed by atoms with Crippen LogP contribution in [0.4, 0.5) is 11.4 Å². The molecule has 0 unspecified atom stereocenters. The van der Waals surface area contributed by atoms with Crippen LogP contribution in [0.5, 0.6) is 0 Å². The van der Waals surface area contributed by atoms with Gasteiger partial charge in [0.2, 0.25) is 0 Å². The molecule has 0 amide bonds. The Morgan fingerprint density at radius 1 is 1.10 bits per heavy atom. The van der Waals surface area contributed by atoms with Gasteiger partial charge in [-0.1, -0.05) is 40.2 Å². The van der Waals surface area contributed by atoms with E-state index in [1.807, 2.05) is 48.5 Å². The van der Waals surface area contributed by atoms with E-state index >= 15 is 0 Å². The van der Waals surface area contributed by atoms with E-state index in [0.717, 1.165) is 21.4 Å². The zero-order valence-electron chi connectivity index (χ0n) is 10.9. The lowest BCUT2D eigenvalue weighted by atomic mass is 10.2. The molecule has 2 nitrogen and oxygen atoms in total. The van der Waals surface area contributed by atoms with Crippen LogP contribution in [0.3, 0.4) is 0 Å². The van der Waals surface area contributed by atoms with Gasteiger partial charge in [-0.25, -0.2) is 0 Å². The minimum absolute atomic E-state index is 0.476. The molecule has 4 heteroatoms. The smallest absolute Gasteiger partial charge is 0.0640 e. The van der Waals surface area contributed by atoms with Gasteiger partial charge in [-0.05, 0) is 29.8 Å². The molecule has 102 valence electrons. The average Bonchev–Trinajstić information content (AvgIpc) is 2.49. The Kier molecular flexibility index (Phi) is 5.46. The standard InChI is InChI=1S/C16H14BrClN2/c17-16-11-15(8-7-13(16)12-18)20(10-4-9-19)14-5-2-1-3-6-14/h1-3,5-8,11H,4,10,12H2. The van der Waals surface area contributed by atoms with Crippen molar-refractivity contribution in [3.8, 4) is 6.07 Å². The molecule has 0 aliphatic rings. The molecular weight excluding hydrogens is 336 g/mol. The fourth-order valence-corrected chi connectivity index (χ4v) is 2.89. The molecule has 0 aliphatic carbocycles. The SMILES string of the molecule is N#CCCN(c1ccccc1)c1ccc(CCl)c(Br)c1. The second-order valence-corrected chi connectivity index (χ2v) is 5.43. The fraction of sp³-hybridized carbons (Fsp3) is 0.188. The van der Waals surface area contributed by atoms with Gasteiger partial charge in [-0.2, -0.15) is 5.26 Å². The summed E-state index contributed by atoms with van der Waals surface area (Å²) in [5.74, 6) is 0.477. The first-order valence-electron chi connectivity index (χ1n) is 6.30. The first-order valence-corrected chi connectivity index (χ1v) is 7.63. The zero-order valence-corrected chi connectivity index (χ0v) is 13.2. The van der Waals surface area contributed by atoms with E-state index in [2.05, 4.69) is 26.9 Å². The molecule has 0 fully saturated rings. The monoisotopic (exact) mass is 348 g/mol. The van der Waals surface area contributed by atoms with E-state index < -0.39 is 0 Å². The van der Waals surface area contributed by atoms with E-state index in [0.29, 0.717) is 18.8 Å². The second kappa shape index (κ2) is 7.33. The molecule has 2 aromatic carbocycles. The van der Waals surface area contributed by atoms with Crippen molar-refractivity contribution in [2.24, 2.45) is 0 Å². The molecule has 0 saturated heterocycles. The van der Waals surface area contributed by atoms with Crippen LogP contribution in [0, 0.1) is 11.3 Å². The molecule has 0 atom stereocenters. The number of nitriles is 1. The van der Waals surface area contributed by atoms with Crippen LogP contribution in [0.25, 0.3) is 0 Å². The molecule has 0 heterocycles. The van der Waals surface area contributed by atoms with Crippen LogP contribution in [0.15, 0.2) is 53.0 Å². The molecular formula is C16H14BrClN2. The average molecular weight is 350 g/mol. The Morgan fingerprint density at radius 2 is 1.85 bits per heavy atom. The lowest BCUT2D eigenvalue weighted by molar-refractivity contribution is 0.947. The molecule has 0 aromatic heterocycles. The van der Waals surface area contributed by atoms with Crippen molar-refractivity contribution in [1.29, 1.82) is 5.26 Å². The normalized spacial score (nSPS) is 10.1. The molecule has 0 aliphatic heterocycles. The predicted octanol–water partition coefficient (Wildman–Crippen LogP) is 5.24. The molecule has 2 aromatic rings. The topological polar surface area (TPSA) is 27.0 Å². The van der Waals surface area contributed by atoms with Crippen molar-refractivity contribution in [2.75, 3.05) is 11.4 Å². The minimum Gasteiger partial charge on any atom is -0.340 e. The number of halogens is 2. The fourth-order valence-electron chi connectivity index (χ4n) is 1.99. The lowest BCUT2D eigenvalue weighted by Crippen LogP contribution is -2.18. The molecule has 0 bridgehead atoms. The van der Waals surface area contributed by atoms with Crippen LogP contribution >= 0.6 is 27.5 Å². The summed E-state index contributed by atoms with van der Waals surface area (Å²) >= 11 is 9.42. The Morgan fingerprint density at radius 3 is 2.45 bits per heavy atom. The van der Waals surface area contributed by atoms with Crippen molar-refractivity contribution in [3.63, 3.8) is 0 Å². The number of alkyl halides is 1. The second-order valence-electron chi connectivity index (χ2n) is 4.30. The number of para-hydroxylation sites is 1. The molecule has 0 spiro atoms. The van der Waals surface area contributed by atoms with E-state index in [9.17, 15) is 0 Å². The van der Waals surface area contributed by atoms with Gasteiger partial charge in [0.1, 0.15) is 0 Å². The predicted molar refractivity (Wildman–Crippen MR) is 87.4 cm³/mol. The van der Waals surface area contributed by atoms with E-state index in [4.69, 9.17) is 16.9 Å². The summed E-state index contributed by atoms with van der Waals surface area (Å²) in [6.07, 6.45) is 0.476. The lowest BCUT2D eigenvalue weighted by Gasteiger charge is -2.24. The van der Waals surface area contributed by atoms with Gasteiger partial charge in [0.05, 0.1) is 12.5 Å². The highest BCUT2D eigenvalue weighted by Crippen LogP contribution is 2.30. The van der Waals surface area contributed by atoms with Crippen molar-refractivity contribution in [3.05, 3.63) is 58.6 Å². The quantitative estimate of drug-likeness (QED) is 0.690. The summed E-state index contributed by atoms with van der Waals surface area (Å²) in [6, 6.07) is 18.4. The van der Waals surface area contributed by atoms with Crippen LogP contribution in [0.1, 0.15) is 12.0 Å². The van der Waals surface area contributed by atoms with Gasteiger partial charge in [0, 0.05) is 28.3 Å². The summed E-state index contributed by atoms with van der Waals surface area (Å²) in [5.41, 5.74) is 3.18. The Balaban J connectivity index is 2.36. The van der Waals surface area contributed by atoms with Gasteiger partial charge in [-0.3, -0.25) is 0 Å². The Labute approximate surface area is 132 Å². The van der Waals surface area contributed by atoms with Crippen molar-refractivity contribution < 1.29 is 0 Å². The van der Waals surface area contributed by atoms with Gasteiger partial charge in [0.15, 0.2) is 0 Å². The largest absolute Gasteiger partial charge is 0.340 e. The highest BCUT2D eigenvalue weighted by atomic mass is 79.9. The van der Waals surface area contributed by atoms with Crippen LogP contribution in [-0.4, -0.2) is 6.54 Å². The van der Waals surface area contributed by atoms with Gasteiger partial charge in [-0.15, -0.1) is 11.6 Å². The maximum absolute atomic E-state index is 8.84. The zero-order chi connectivity index (χ0) is 14.4. The molecule has 0 saturated carbocycles. The third-order valence-electron chi connectivity index (χ3n) is 3.01. The van der Waals surface area contributed by atoms with E-state index in [-0.39, 0.29) is 0 Å². The van der Waals surface area contributed by atoms with Gasteiger partial charge >= 0.3 is 0 Å². The maximum Gasteiger partial charge on any atom is 0.0640 e. The third kappa shape index (κ3) is 3.53. The molecule has 0 N–H and O–H groups in total. The highest BCUT2D eigenvalue weighted by Gasteiger charge is 2.10. The van der Waals surface area contributed by atoms with Crippen molar-refractivity contribution in [1.82, 2.24) is 0 Å². The van der Waals surface area contributed by atoms with E-state index in [1.54, 1.807) is 0 Å². The summed E-state index contributed by atoms with van der Waals surface area (Å²) < 4.78 is 0.989. The minimum atomic E-state index is 0.476. The summed E-state index contributed by atoms with van der Waals surface area (Å²) in [7, 11) is 0. The number of hydrogen-bond acceptors (Lipinski definition) is 2. The number of nitrogens with zero attached hydrogens (tertiary/aromatic N) is 2. The number of anilines is 2. The summed E-state index contributed by atoms with van der Waals surface area (Å²) in [6.45, 7) is 0.660. The van der Waals surface area contributed by atoms with Crippen molar-refractivity contribution >= 4 is 38.9 Å². The third-order valence-corrected chi connectivity index (χ3v) is 4.03. The summed E-state index contributed by atoms with van der Waals surface area (Å²) in [4.78, 5) is 2.13. The molecule has 0 radical (unpaired) electrons. The number of rotatable bonds is 5. The van der Waals surface area contributed by atoms with Crippen molar-refractivity contribution in [2.45, 2.75) is 12.3 Å². The number of hydrogen-bond donors (Lipinski definition) is 0. The maximum atomic E-state index is 8.84. The highest BCUT2D eigenvalue weighted by molar-refractivity contribution is 9.10. The van der Waals surface area contributed by atoms with Crippen LogP contribution in [0.2, 0.25) is 0 Å². The first kappa shape index (κ1) is 14.9. The Hall–Kier alpha value is -1.50. The Bertz CT molecular complexity index is 608. The summed E-state index contributed by atoms with van der Waals surface area (Å²) in [5, 5.41) is 8.84. The first-order chi connectivity index (χ1) is 9.76. The number of benzene rings is 2. The van der Waals surface area contributed by atoms with Gasteiger partial charge < -0.3 is 4.90 Å². The van der Waals surface area contributed by atoms with E-state index in [1.165, 1.54) is 0 Å².